The highest BCUT2D eigenvalue weighted by Crippen LogP contribution is 2.34. The topological polar surface area (TPSA) is 43.7 Å². The molecule has 134 valence electrons. The van der Waals surface area contributed by atoms with E-state index in [2.05, 4.69) is 84.6 Å². The van der Waals surface area contributed by atoms with Crippen LogP contribution >= 0.6 is 0 Å². The van der Waals surface area contributed by atoms with Crippen LogP contribution in [0.4, 0.5) is 17.1 Å². The zero-order valence-electron chi connectivity index (χ0n) is 15.1. The summed E-state index contributed by atoms with van der Waals surface area (Å²) in [6.07, 6.45) is 1.33. The van der Waals surface area contributed by atoms with E-state index in [1.165, 1.54) is 5.56 Å². The first-order valence-electron chi connectivity index (χ1n) is 8.97. The van der Waals surface area contributed by atoms with Crippen molar-refractivity contribution in [1.82, 2.24) is 0 Å². The molecule has 0 spiro atoms. The molecule has 0 fully saturated rings. The highest BCUT2D eigenvalue weighted by Gasteiger charge is 2.12. The third-order valence-electron chi connectivity index (χ3n) is 4.48. The monoisotopic (exact) mass is 347 g/mol. The van der Waals surface area contributed by atoms with Crippen molar-refractivity contribution in [3.8, 4) is 0 Å². The Bertz CT molecular complexity index is 759. The Morgan fingerprint density at radius 2 is 0.923 bits per heavy atom. The molecule has 0 bridgehead atoms. The number of rotatable bonds is 7. The standard InChI is InChI=1S/C23H25NO2/c1-18-2-8-21(9-3-18)24(22-10-4-19(5-11-22)14-16-25)23-12-6-20(7-13-23)15-17-26/h2-13,25-26H,14-17H2,1H3. The van der Waals surface area contributed by atoms with Gasteiger partial charge in [0.05, 0.1) is 0 Å². The third kappa shape index (κ3) is 4.31. The zero-order valence-corrected chi connectivity index (χ0v) is 15.1. The minimum absolute atomic E-state index is 0.160. The van der Waals surface area contributed by atoms with Crippen LogP contribution in [0.2, 0.25) is 0 Å². The van der Waals surface area contributed by atoms with Crippen molar-refractivity contribution in [2.24, 2.45) is 0 Å². The quantitative estimate of drug-likeness (QED) is 0.660. The second-order valence-corrected chi connectivity index (χ2v) is 6.45. The van der Waals surface area contributed by atoms with E-state index in [0.29, 0.717) is 12.8 Å². The second kappa shape index (κ2) is 8.65. The van der Waals surface area contributed by atoms with E-state index < -0.39 is 0 Å². The lowest BCUT2D eigenvalue weighted by Gasteiger charge is -2.26. The predicted molar refractivity (Wildman–Crippen MR) is 107 cm³/mol. The maximum Gasteiger partial charge on any atom is 0.0471 e. The van der Waals surface area contributed by atoms with Crippen LogP contribution in [0.15, 0.2) is 72.8 Å². The SMILES string of the molecule is Cc1ccc(N(c2ccc(CCO)cc2)c2ccc(CCO)cc2)cc1. The highest BCUT2D eigenvalue weighted by molar-refractivity contribution is 5.76. The van der Waals surface area contributed by atoms with Crippen LogP contribution in [-0.2, 0) is 12.8 Å². The van der Waals surface area contributed by atoms with Crippen LogP contribution in [-0.4, -0.2) is 23.4 Å². The van der Waals surface area contributed by atoms with Crippen molar-refractivity contribution in [2.75, 3.05) is 18.1 Å². The minimum atomic E-state index is 0.160. The molecule has 0 aliphatic carbocycles. The molecular formula is C23H25NO2. The molecule has 0 aliphatic heterocycles. The van der Waals surface area contributed by atoms with Crippen LogP contribution in [0.3, 0.4) is 0 Å². The Labute approximate surface area is 155 Å². The zero-order chi connectivity index (χ0) is 18.4. The van der Waals surface area contributed by atoms with Crippen molar-refractivity contribution >= 4 is 17.1 Å². The van der Waals surface area contributed by atoms with Gasteiger partial charge in [-0.3, -0.25) is 0 Å². The fraction of sp³-hybridized carbons (Fsp3) is 0.217. The van der Waals surface area contributed by atoms with Gasteiger partial charge in [0, 0.05) is 30.3 Å². The first-order valence-corrected chi connectivity index (χ1v) is 8.97. The van der Waals surface area contributed by atoms with Gasteiger partial charge in [0.2, 0.25) is 0 Å². The Hall–Kier alpha value is -2.62. The van der Waals surface area contributed by atoms with Gasteiger partial charge < -0.3 is 15.1 Å². The molecule has 0 amide bonds. The summed E-state index contributed by atoms with van der Waals surface area (Å²) in [4.78, 5) is 2.21. The van der Waals surface area contributed by atoms with Gasteiger partial charge in [-0.15, -0.1) is 0 Å². The Morgan fingerprint density at radius 1 is 0.577 bits per heavy atom. The summed E-state index contributed by atoms with van der Waals surface area (Å²) in [5.74, 6) is 0. The Morgan fingerprint density at radius 3 is 1.27 bits per heavy atom. The van der Waals surface area contributed by atoms with Crippen LogP contribution in [0.5, 0.6) is 0 Å². The van der Waals surface area contributed by atoms with E-state index in [0.717, 1.165) is 28.2 Å². The number of anilines is 3. The molecule has 26 heavy (non-hydrogen) atoms. The second-order valence-electron chi connectivity index (χ2n) is 6.45. The maximum absolute atomic E-state index is 9.12. The molecule has 3 nitrogen and oxygen atoms in total. The molecule has 2 N–H and O–H groups in total. The molecule has 0 aliphatic rings. The lowest BCUT2D eigenvalue weighted by atomic mass is 10.1. The number of benzene rings is 3. The lowest BCUT2D eigenvalue weighted by molar-refractivity contribution is 0.299. The fourth-order valence-corrected chi connectivity index (χ4v) is 3.02. The summed E-state index contributed by atoms with van der Waals surface area (Å²) in [6, 6.07) is 25.1. The van der Waals surface area contributed by atoms with E-state index in [1.54, 1.807) is 0 Å². The minimum Gasteiger partial charge on any atom is -0.396 e. The van der Waals surface area contributed by atoms with Gasteiger partial charge in [-0.25, -0.2) is 0 Å². The molecule has 0 heterocycles. The molecule has 0 saturated carbocycles. The third-order valence-corrected chi connectivity index (χ3v) is 4.48. The molecule has 3 aromatic rings. The number of hydrogen-bond acceptors (Lipinski definition) is 3. The number of aryl methyl sites for hydroxylation is 1. The first-order chi connectivity index (χ1) is 12.7. The van der Waals surface area contributed by atoms with Crippen molar-refractivity contribution in [2.45, 2.75) is 19.8 Å². The molecule has 0 saturated heterocycles. The fourth-order valence-electron chi connectivity index (χ4n) is 3.02. The van der Waals surface area contributed by atoms with E-state index in [1.807, 2.05) is 0 Å². The van der Waals surface area contributed by atoms with E-state index in [-0.39, 0.29) is 13.2 Å². The largest absolute Gasteiger partial charge is 0.396 e. The summed E-state index contributed by atoms with van der Waals surface area (Å²) in [5.41, 5.74) is 6.72. The predicted octanol–water partition coefficient (Wildman–Crippen LogP) is 4.53. The highest BCUT2D eigenvalue weighted by atomic mass is 16.3. The Kier molecular flexibility index (Phi) is 6.05. The van der Waals surface area contributed by atoms with Gasteiger partial charge in [0.25, 0.3) is 0 Å². The molecule has 0 aromatic heterocycles. The summed E-state index contributed by atoms with van der Waals surface area (Å²) in [5, 5.41) is 18.2. The van der Waals surface area contributed by atoms with Crippen molar-refractivity contribution < 1.29 is 10.2 Å². The lowest BCUT2D eigenvalue weighted by Crippen LogP contribution is -2.10. The van der Waals surface area contributed by atoms with Gasteiger partial charge in [-0.05, 0) is 67.3 Å². The molecular weight excluding hydrogens is 322 g/mol. The smallest absolute Gasteiger partial charge is 0.0471 e. The first kappa shape index (κ1) is 18.2. The van der Waals surface area contributed by atoms with E-state index in [4.69, 9.17) is 10.2 Å². The van der Waals surface area contributed by atoms with Gasteiger partial charge in [0.15, 0.2) is 0 Å². The summed E-state index contributed by atoms with van der Waals surface area (Å²) in [6.45, 7) is 2.40. The number of aliphatic hydroxyl groups is 2. The van der Waals surface area contributed by atoms with E-state index in [9.17, 15) is 0 Å². The number of aliphatic hydroxyl groups excluding tert-OH is 2. The molecule has 0 radical (unpaired) electrons. The average Bonchev–Trinajstić information content (AvgIpc) is 2.67. The van der Waals surface area contributed by atoms with Crippen LogP contribution in [0.25, 0.3) is 0 Å². The number of hydrogen-bond donors (Lipinski definition) is 2. The van der Waals surface area contributed by atoms with E-state index >= 15 is 0 Å². The van der Waals surface area contributed by atoms with Gasteiger partial charge in [0.1, 0.15) is 0 Å². The average molecular weight is 347 g/mol. The van der Waals surface area contributed by atoms with Crippen molar-refractivity contribution in [3.05, 3.63) is 89.5 Å². The normalized spacial score (nSPS) is 10.7. The van der Waals surface area contributed by atoms with Crippen LogP contribution in [0, 0.1) is 6.92 Å². The van der Waals surface area contributed by atoms with Crippen LogP contribution < -0.4 is 4.90 Å². The number of nitrogens with zero attached hydrogens (tertiary/aromatic N) is 1. The van der Waals surface area contributed by atoms with Gasteiger partial charge in [-0.2, -0.15) is 0 Å². The molecule has 0 atom stereocenters. The summed E-state index contributed by atoms with van der Waals surface area (Å²) < 4.78 is 0. The van der Waals surface area contributed by atoms with Gasteiger partial charge >= 0.3 is 0 Å². The van der Waals surface area contributed by atoms with Crippen molar-refractivity contribution in [1.29, 1.82) is 0 Å². The van der Waals surface area contributed by atoms with Crippen LogP contribution in [0.1, 0.15) is 16.7 Å². The summed E-state index contributed by atoms with van der Waals surface area (Å²) in [7, 11) is 0. The maximum atomic E-state index is 9.12. The van der Waals surface area contributed by atoms with Crippen molar-refractivity contribution in [3.63, 3.8) is 0 Å². The summed E-state index contributed by atoms with van der Waals surface area (Å²) >= 11 is 0. The van der Waals surface area contributed by atoms with Gasteiger partial charge in [-0.1, -0.05) is 42.0 Å². The molecule has 3 aromatic carbocycles. The molecule has 0 unspecified atom stereocenters. The molecule has 3 heteroatoms. The Balaban J connectivity index is 1.99. The molecule has 3 rings (SSSR count).